The van der Waals surface area contributed by atoms with E-state index >= 15 is 0 Å². The minimum Gasteiger partial charge on any atom is -0.545 e. The number of aldehydes is 4. The van der Waals surface area contributed by atoms with Crippen LogP contribution in [0.4, 0.5) is 0 Å². The first-order valence-corrected chi connectivity index (χ1v) is 29.9. The molecule has 374 valence electrons. The molecule has 0 radical (unpaired) electrons. The van der Waals surface area contributed by atoms with Crippen LogP contribution in [0.2, 0.25) is 13.3 Å². The van der Waals surface area contributed by atoms with Crippen molar-refractivity contribution < 1.29 is 58.8 Å². The van der Waals surface area contributed by atoms with E-state index in [1.165, 1.54) is 62.8 Å². The first-order chi connectivity index (χ1) is 35.3. The summed E-state index contributed by atoms with van der Waals surface area (Å²) in [7, 11) is 0. The SMILES string of the molecule is CCC[CH2][Sn+]([CH2]CCC)[CH2]CCC.O=Cc1c(C(=O)[O-])ccc2ccccc12.O=Cc1c(C(=O)[O-])ccc2ccccc12.O=Cc1c(C(=O)[O-])ccc2ccccc12.O=Cc1c(C(=O)[O-])ccc2ccccc12. The van der Waals surface area contributed by atoms with Gasteiger partial charge in [0, 0.05) is 44.5 Å². The molecule has 0 bridgehead atoms. The van der Waals surface area contributed by atoms with Crippen LogP contribution in [-0.2, 0) is 0 Å². The number of unbranched alkanes of at least 4 members (excludes halogenated alkanes) is 3. The summed E-state index contributed by atoms with van der Waals surface area (Å²) in [5.74, 6) is -5.32. The van der Waals surface area contributed by atoms with Crippen LogP contribution in [-0.4, -0.2) is 68.8 Å². The molecule has 13 heteroatoms. The van der Waals surface area contributed by atoms with Crippen molar-refractivity contribution in [3.05, 3.63) is 190 Å². The molecule has 0 amide bonds. The van der Waals surface area contributed by atoms with Crippen LogP contribution in [0.1, 0.15) is 142 Å². The zero-order chi connectivity index (χ0) is 53.3. The molecule has 0 spiro atoms. The minimum atomic E-state index is -1.33. The quantitative estimate of drug-likeness (QED) is 0.0615. The predicted octanol–water partition coefficient (Wildman–Crippen LogP) is 8.94. The van der Waals surface area contributed by atoms with Crippen molar-refractivity contribution in [2.24, 2.45) is 0 Å². The van der Waals surface area contributed by atoms with Gasteiger partial charge in [0.25, 0.3) is 0 Å². The third-order valence-corrected chi connectivity index (χ3v) is 21.0. The predicted molar refractivity (Wildman–Crippen MR) is 280 cm³/mol. The van der Waals surface area contributed by atoms with Gasteiger partial charge in [-0.1, -0.05) is 146 Å². The molecule has 0 aromatic heterocycles. The second kappa shape index (κ2) is 30.1. The molecule has 0 atom stereocenters. The van der Waals surface area contributed by atoms with Gasteiger partial charge in [-0.2, -0.15) is 0 Å². The Morgan fingerprint density at radius 1 is 0.342 bits per heavy atom. The van der Waals surface area contributed by atoms with Crippen molar-refractivity contribution in [3.8, 4) is 0 Å². The van der Waals surface area contributed by atoms with Gasteiger partial charge in [-0.3, -0.25) is 19.2 Å². The number of carboxylic acid groups (broad SMARTS) is 4. The number of rotatable bonds is 17. The van der Waals surface area contributed by atoms with E-state index in [0.29, 0.717) is 46.7 Å². The Labute approximate surface area is 431 Å². The number of benzene rings is 8. The molecule has 8 aromatic rings. The van der Waals surface area contributed by atoms with Crippen LogP contribution < -0.4 is 20.4 Å². The molecule has 73 heavy (non-hydrogen) atoms. The number of hydrogen-bond donors (Lipinski definition) is 0. The third kappa shape index (κ3) is 16.1. The number of carbonyl (C=O) groups is 8. The van der Waals surface area contributed by atoms with E-state index < -0.39 is 43.6 Å². The van der Waals surface area contributed by atoms with Gasteiger partial charge in [0.15, 0.2) is 25.1 Å². The molecular formula is C60H55O12Sn-3. The fourth-order valence-corrected chi connectivity index (χ4v) is 17.5. The van der Waals surface area contributed by atoms with Crippen LogP contribution in [0.25, 0.3) is 43.1 Å². The van der Waals surface area contributed by atoms with Gasteiger partial charge in [0.05, 0.1) is 23.9 Å². The number of aromatic carboxylic acids is 4. The van der Waals surface area contributed by atoms with E-state index in [1.54, 1.807) is 86.1 Å². The van der Waals surface area contributed by atoms with Crippen molar-refractivity contribution in [2.45, 2.75) is 72.6 Å². The summed E-state index contributed by atoms with van der Waals surface area (Å²) in [4.78, 5) is 86.4. The maximum Gasteiger partial charge on any atom is 0.151 e. The Bertz CT molecular complexity index is 2790. The smallest absolute Gasteiger partial charge is 0.151 e. The zero-order valence-corrected chi connectivity index (χ0v) is 43.8. The first-order valence-electron chi connectivity index (χ1n) is 23.9. The number of carbonyl (C=O) groups excluding carboxylic acids is 8. The molecule has 0 aliphatic rings. The number of hydrogen-bond acceptors (Lipinski definition) is 12. The molecule has 0 aliphatic heterocycles. The fraction of sp³-hybridized carbons (Fsp3) is 0.200. The Hall–Kier alpha value is -7.84. The Morgan fingerprint density at radius 3 is 0.726 bits per heavy atom. The van der Waals surface area contributed by atoms with Gasteiger partial charge in [0.1, 0.15) is 0 Å². The van der Waals surface area contributed by atoms with Gasteiger partial charge < -0.3 is 39.6 Å². The summed E-state index contributed by atoms with van der Waals surface area (Å²) in [6, 6.07) is 40.7. The number of fused-ring (bicyclic) bond motifs is 4. The van der Waals surface area contributed by atoms with Crippen molar-refractivity contribution in [1.82, 2.24) is 0 Å². The van der Waals surface area contributed by atoms with Crippen molar-refractivity contribution in [1.29, 1.82) is 0 Å². The first kappa shape index (κ1) is 57.7. The number of carboxylic acids is 4. The molecule has 8 aromatic carbocycles. The molecular weight excluding hydrogens is 1030 g/mol. The molecule has 0 saturated heterocycles. The van der Waals surface area contributed by atoms with Gasteiger partial charge in [-0.25, -0.2) is 0 Å². The zero-order valence-electron chi connectivity index (χ0n) is 40.9. The standard InChI is InChI=1S/4C12H8O3.3C4H9.Sn/c4*13-7-11-9-4-2-1-3-8(9)5-6-10(11)12(14)15;3*1-3-4-2;/h4*1-7H,(H,14,15);3*1,3-4H2,2H3;/q;;;;;;;+1/p-4. The molecule has 8 rings (SSSR count). The molecule has 0 fully saturated rings. The summed E-state index contributed by atoms with van der Waals surface area (Å²) in [5.41, 5.74) is 0.433. The normalized spacial score (nSPS) is 10.2. The van der Waals surface area contributed by atoms with E-state index in [2.05, 4.69) is 20.8 Å². The van der Waals surface area contributed by atoms with Crippen molar-refractivity contribution in [2.75, 3.05) is 0 Å². The second-order valence-electron chi connectivity index (χ2n) is 16.7. The summed E-state index contributed by atoms with van der Waals surface area (Å²) in [6.07, 6.45) is 11.0. The largest absolute Gasteiger partial charge is 0.545 e. The van der Waals surface area contributed by atoms with E-state index in [1.807, 2.05) is 48.5 Å². The van der Waals surface area contributed by atoms with E-state index in [-0.39, 0.29) is 44.5 Å². The van der Waals surface area contributed by atoms with Crippen molar-refractivity contribution >= 4 is 112 Å². The average molecular weight is 1090 g/mol. The average Bonchev–Trinajstić information content (AvgIpc) is 3.41. The van der Waals surface area contributed by atoms with Crippen molar-refractivity contribution in [3.63, 3.8) is 0 Å². The topological polar surface area (TPSA) is 229 Å². The summed E-state index contributed by atoms with van der Waals surface area (Å²) >= 11 is -0.839. The molecule has 0 aliphatic carbocycles. The van der Waals surface area contributed by atoms with E-state index in [0.717, 1.165) is 21.5 Å². The minimum absolute atomic E-state index is 0.0660. The van der Waals surface area contributed by atoms with Crippen LogP contribution in [0.5, 0.6) is 0 Å². The van der Waals surface area contributed by atoms with Gasteiger partial charge >= 0.3 is 92.4 Å². The Balaban J connectivity index is 0.000000198. The Morgan fingerprint density at radius 2 is 0.548 bits per heavy atom. The maximum atomic E-state index is 10.9. The molecule has 0 saturated carbocycles. The van der Waals surface area contributed by atoms with E-state index in [4.69, 9.17) is 0 Å². The third-order valence-electron chi connectivity index (χ3n) is 11.9. The Kier molecular flexibility index (Phi) is 23.8. The van der Waals surface area contributed by atoms with Crippen LogP contribution in [0.15, 0.2) is 146 Å². The summed E-state index contributed by atoms with van der Waals surface area (Å²) in [6.45, 7) is 7.00. The van der Waals surface area contributed by atoms with E-state index in [9.17, 15) is 58.8 Å². The van der Waals surface area contributed by atoms with Crippen LogP contribution in [0.3, 0.4) is 0 Å². The van der Waals surface area contributed by atoms with Crippen LogP contribution >= 0.6 is 0 Å². The van der Waals surface area contributed by atoms with Gasteiger partial charge in [0.2, 0.25) is 0 Å². The summed E-state index contributed by atoms with van der Waals surface area (Å²) in [5, 5.41) is 48.9. The molecule has 12 nitrogen and oxygen atoms in total. The molecule has 0 unspecified atom stereocenters. The van der Waals surface area contributed by atoms with Gasteiger partial charge in [-0.15, -0.1) is 0 Å². The second-order valence-corrected chi connectivity index (χ2v) is 25.2. The maximum absolute atomic E-state index is 10.9. The molecule has 0 N–H and O–H groups in total. The fourth-order valence-electron chi connectivity index (χ4n) is 8.06. The van der Waals surface area contributed by atoms with Crippen LogP contribution in [0, 0.1) is 0 Å². The monoisotopic (exact) mass is 1090 g/mol. The summed E-state index contributed by atoms with van der Waals surface area (Å²) < 4.78 is 5.04. The van der Waals surface area contributed by atoms with Gasteiger partial charge in [-0.05, 0) is 43.1 Å². The molecule has 0 heterocycles.